The van der Waals surface area contributed by atoms with E-state index in [9.17, 15) is 19.2 Å². The molecule has 0 N–H and O–H groups in total. The van der Waals surface area contributed by atoms with E-state index >= 15 is 0 Å². The van der Waals surface area contributed by atoms with Gasteiger partial charge in [-0.25, -0.2) is 0 Å². The lowest BCUT2D eigenvalue weighted by molar-refractivity contribution is 0.0953. The number of hydrogen-bond acceptors (Lipinski definition) is 9. The smallest absolute Gasteiger partial charge is 0.197 e. The quantitative estimate of drug-likeness (QED) is 0.147. The number of carbonyl (C=O) groups is 4. The number of methoxy groups -OCH3 is 1. The molecule has 0 aliphatic carbocycles. The molecule has 0 radical (unpaired) electrons. The van der Waals surface area contributed by atoms with Crippen LogP contribution in [0.25, 0.3) is 0 Å². The first-order chi connectivity index (χ1) is 24.0. The monoisotopic (exact) mass is 752 g/mol. The van der Waals surface area contributed by atoms with E-state index < -0.39 is 0 Å². The molecule has 2 aromatic carbocycles. The number of nitrogens with zero attached hydrogens (tertiary/aromatic N) is 2. The molecule has 3 heterocycles. The molecule has 9 nitrogen and oxygen atoms in total. The standard InChI is InChI=1S/C15H22N2O.C9H10O.C7H7BrO2.C7H8O2.C2H6O/c1-3-15(18)14-6-4-13(5-7-14)12-17-10-8-16(2)9-11-17;1-2-9(10)8-6-4-3-5-7-8;1-2-5(9)6-3-4-7(8)10-6;1-2-6(8)7-4-3-5-9-7;1-3-2/h4-7H,3,8-12H2,1-2H3;3-7H,2H2,1H3;3-4H,2H2,1H3;3-5H,2H2,1H3;1-2H3. The summed E-state index contributed by atoms with van der Waals surface area (Å²) in [5, 5.41) is 0. The maximum absolute atomic E-state index is 11.5. The van der Waals surface area contributed by atoms with E-state index in [2.05, 4.69) is 49.6 Å². The Hall–Kier alpha value is -3.96. The van der Waals surface area contributed by atoms with Crippen molar-refractivity contribution < 1.29 is 32.7 Å². The Morgan fingerprint density at radius 3 is 1.58 bits per heavy atom. The number of Topliss-reactive ketones (excluding diaryl/α,β-unsaturated/α-hetero) is 4. The maximum atomic E-state index is 11.5. The Kier molecular flexibility index (Phi) is 22.9. The minimum atomic E-state index is 0.0331. The molecule has 10 heteroatoms. The number of piperazine rings is 1. The van der Waals surface area contributed by atoms with Crippen molar-refractivity contribution >= 4 is 39.1 Å². The van der Waals surface area contributed by atoms with Gasteiger partial charge >= 0.3 is 0 Å². The van der Waals surface area contributed by atoms with Crippen molar-refractivity contribution in [3.8, 4) is 0 Å². The van der Waals surface area contributed by atoms with Gasteiger partial charge in [-0.05, 0) is 52.8 Å². The maximum Gasteiger partial charge on any atom is 0.197 e. The van der Waals surface area contributed by atoms with Crippen LogP contribution in [0.4, 0.5) is 0 Å². The highest BCUT2D eigenvalue weighted by molar-refractivity contribution is 9.10. The van der Waals surface area contributed by atoms with Gasteiger partial charge in [0.15, 0.2) is 39.3 Å². The number of benzene rings is 2. The lowest BCUT2D eigenvalue weighted by Crippen LogP contribution is -2.43. The number of likely N-dealkylation sites (N-methyl/N-ethyl adjacent to an activating group) is 1. The second kappa shape index (κ2) is 25.9. The van der Waals surface area contributed by atoms with Gasteiger partial charge in [0.25, 0.3) is 0 Å². The summed E-state index contributed by atoms with van der Waals surface area (Å²) in [5.74, 6) is 1.40. The van der Waals surface area contributed by atoms with Crippen LogP contribution in [0.3, 0.4) is 0 Å². The summed E-state index contributed by atoms with van der Waals surface area (Å²) in [7, 11) is 5.42. The van der Waals surface area contributed by atoms with Gasteiger partial charge < -0.3 is 18.5 Å². The van der Waals surface area contributed by atoms with Crippen LogP contribution in [0.1, 0.15) is 101 Å². The second-order valence-corrected chi connectivity index (χ2v) is 12.0. The summed E-state index contributed by atoms with van der Waals surface area (Å²) >= 11 is 3.11. The van der Waals surface area contributed by atoms with Gasteiger partial charge in [-0.2, -0.15) is 0 Å². The third kappa shape index (κ3) is 17.6. The van der Waals surface area contributed by atoms with Crippen LogP contribution in [0, 0.1) is 0 Å². The van der Waals surface area contributed by atoms with Gasteiger partial charge in [-0.1, -0.05) is 82.3 Å². The first-order valence-electron chi connectivity index (χ1n) is 16.9. The zero-order valence-electron chi connectivity index (χ0n) is 30.6. The predicted molar refractivity (Wildman–Crippen MR) is 202 cm³/mol. The highest BCUT2D eigenvalue weighted by Gasteiger charge is 2.14. The van der Waals surface area contributed by atoms with Crippen molar-refractivity contribution in [1.82, 2.24) is 9.80 Å². The summed E-state index contributed by atoms with van der Waals surface area (Å²) in [6, 6.07) is 24.2. The number of ether oxygens (including phenoxy) is 1. The first-order valence-corrected chi connectivity index (χ1v) is 17.7. The van der Waals surface area contributed by atoms with Crippen LogP contribution in [-0.4, -0.2) is 80.4 Å². The fraction of sp³-hybridized carbons (Fsp3) is 0.400. The normalized spacial score (nSPS) is 12.3. The van der Waals surface area contributed by atoms with E-state index in [1.165, 1.54) is 11.8 Å². The van der Waals surface area contributed by atoms with Crippen molar-refractivity contribution in [2.45, 2.75) is 59.9 Å². The van der Waals surface area contributed by atoms with Gasteiger partial charge in [0.2, 0.25) is 0 Å². The third-order valence-electron chi connectivity index (χ3n) is 7.30. The molecule has 1 aliphatic rings. The highest BCUT2D eigenvalue weighted by atomic mass is 79.9. The van der Waals surface area contributed by atoms with E-state index in [0.717, 1.165) is 43.9 Å². The van der Waals surface area contributed by atoms with Crippen LogP contribution in [0.5, 0.6) is 0 Å². The number of carbonyl (C=O) groups excluding carboxylic acids is 4. The SMILES string of the molecule is CCC(=O)c1ccc(Br)o1.CCC(=O)c1ccc(CN2CCN(C)CC2)cc1.CCC(=O)c1ccccc1.CCC(=O)c1ccco1.COC. The summed E-state index contributed by atoms with van der Waals surface area (Å²) in [6.07, 6.45) is 3.66. The average Bonchev–Trinajstić information content (AvgIpc) is 3.86. The largest absolute Gasteiger partial charge is 0.461 e. The van der Waals surface area contributed by atoms with Crippen molar-refractivity contribution in [1.29, 1.82) is 0 Å². The molecule has 1 fully saturated rings. The van der Waals surface area contributed by atoms with Gasteiger partial charge in [-0.15, -0.1) is 0 Å². The summed E-state index contributed by atoms with van der Waals surface area (Å²) in [5.41, 5.74) is 2.94. The molecule has 272 valence electrons. The minimum Gasteiger partial charge on any atom is -0.461 e. The van der Waals surface area contributed by atoms with Crippen LogP contribution in [-0.2, 0) is 11.3 Å². The number of hydrogen-bond donors (Lipinski definition) is 0. The van der Waals surface area contributed by atoms with Gasteiger partial charge in [0.05, 0.1) is 6.26 Å². The molecular weight excluding hydrogens is 700 g/mol. The van der Waals surface area contributed by atoms with E-state index in [4.69, 9.17) is 8.83 Å². The molecular formula is C40H53BrN2O7. The lowest BCUT2D eigenvalue weighted by atomic mass is 10.1. The van der Waals surface area contributed by atoms with Crippen molar-refractivity contribution in [2.75, 3.05) is 47.4 Å². The number of ketones is 4. The summed E-state index contributed by atoms with van der Waals surface area (Å²) < 4.78 is 14.7. The Morgan fingerprint density at radius 2 is 1.14 bits per heavy atom. The number of rotatable bonds is 10. The fourth-order valence-corrected chi connectivity index (χ4v) is 4.65. The second-order valence-electron chi connectivity index (χ2n) is 11.2. The average molecular weight is 754 g/mol. The molecule has 0 atom stereocenters. The molecule has 1 aliphatic heterocycles. The van der Waals surface area contributed by atoms with E-state index in [0.29, 0.717) is 41.9 Å². The zero-order valence-corrected chi connectivity index (χ0v) is 32.2. The Labute approximate surface area is 306 Å². The van der Waals surface area contributed by atoms with Crippen LogP contribution < -0.4 is 0 Å². The molecule has 0 spiro atoms. The molecule has 0 unspecified atom stereocenters. The molecule has 5 rings (SSSR count). The predicted octanol–water partition coefficient (Wildman–Crippen LogP) is 9.08. The molecule has 4 aromatic rings. The van der Waals surface area contributed by atoms with Crippen LogP contribution in [0.15, 0.2) is 98.6 Å². The van der Waals surface area contributed by atoms with Crippen LogP contribution in [0.2, 0.25) is 0 Å². The fourth-order valence-electron chi connectivity index (χ4n) is 4.34. The Balaban J connectivity index is 0.000000339. The molecule has 0 amide bonds. The van der Waals surface area contributed by atoms with Crippen molar-refractivity contribution in [3.05, 3.63) is 118 Å². The van der Waals surface area contributed by atoms with E-state index in [-0.39, 0.29) is 23.1 Å². The molecule has 0 saturated carbocycles. The summed E-state index contributed by atoms with van der Waals surface area (Å²) in [4.78, 5) is 49.1. The Morgan fingerprint density at radius 1 is 0.640 bits per heavy atom. The van der Waals surface area contributed by atoms with Crippen molar-refractivity contribution in [3.63, 3.8) is 0 Å². The Bertz CT molecular complexity index is 1510. The van der Waals surface area contributed by atoms with E-state index in [1.54, 1.807) is 45.4 Å². The molecule has 50 heavy (non-hydrogen) atoms. The topological polar surface area (TPSA) is 110 Å². The van der Waals surface area contributed by atoms with Gasteiger partial charge in [-0.3, -0.25) is 24.1 Å². The number of halogens is 1. The van der Waals surface area contributed by atoms with Crippen molar-refractivity contribution in [2.24, 2.45) is 0 Å². The van der Waals surface area contributed by atoms with E-state index in [1.807, 2.05) is 63.2 Å². The van der Waals surface area contributed by atoms with Gasteiger partial charge in [0.1, 0.15) is 0 Å². The minimum absolute atomic E-state index is 0.0331. The first kappa shape index (κ1) is 44.1. The molecule has 0 bridgehead atoms. The van der Waals surface area contributed by atoms with Gasteiger partial charge in [0, 0.05) is 83.8 Å². The zero-order chi connectivity index (χ0) is 37.3. The van der Waals surface area contributed by atoms with Crippen LogP contribution >= 0.6 is 15.9 Å². The summed E-state index contributed by atoms with van der Waals surface area (Å²) in [6.45, 7) is 12.9. The molecule has 1 saturated heterocycles. The highest BCUT2D eigenvalue weighted by Crippen LogP contribution is 2.15. The lowest BCUT2D eigenvalue weighted by Gasteiger charge is -2.32. The third-order valence-corrected chi connectivity index (χ3v) is 7.73. The number of furan rings is 2. The molecule has 2 aromatic heterocycles.